The Morgan fingerprint density at radius 3 is 0.333 bits per heavy atom. The molecule has 0 amide bonds. The van der Waals surface area contributed by atoms with E-state index < -0.39 is 0 Å². The van der Waals surface area contributed by atoms with Gasteiger partial charge in [0.15, 0.2) is 0 Å². The number of hydrogen-bond acceptors (Lipinski definition) is 0. The molecule has 5 nitrogen and oxygen atoms in total. The fraction of sp³-hybridized carbons (Fsp3) is 0. The van der Waals surface area contributed by atoms with Crippen molar-refractivity contribution in [3.63, 3.8) is 0 Å². The van der Waals surface area contributed by atoms with Gasteiger partial charge in [0, 0.05) is 0 Å². The molecule has 0 aliphatic heterocycles. The minimum absolute atomic E-state index is 0. The summed E-state index contributed by atoms with van der Waals surface area (Å²) in [5.74, 6) is 0. The van der Waals surface area contributed by atoms with Crippen LogP contribution in [0.5, 0.6) is 0 Å². The molecule has 0 bridgehead atoms. The van der Waals surface area contributed by atoms with Crippen LogP contribution in [0.2, 0.25) is 0 Å². The summed E-state index contributed by atoms with van der Waals surface area (Å²) in [6, 6.07) is 0. The molecule has 0 unspecified atom stereocenters. The van der Waals surface area contributed by atoms with Crippen molar-refractivity contribution < 1.29 is 95.1 Å². The first-order chi connectivity index (χ1) is 0. The van der Waals surface area contributed by atoms with E-state index in [1.54, 1.807) is 0 Å². The van der Waals surface area contributed by atoms with Crippen LogP contribution in [0.3, 0.4) is 0 Å². The molecule has 0 heterocycles. The molecule has 0 aliphatic rings. The fourth-order valence-electron chi connectivity index (χ4n) is 0. The Balaban J connectivity index is 0. The molecule has 0 aromatic heterocycles. The van der Waals surface area contributed by atoms with Crippen molar-refractivity contribution in [1.82, 2.24) is 0 Å². The van der Waals surface area contributed by atoms with E-state index in [0.29, 0.717) is 0 Å². The van der Waals surface area contributed by atoms with Crippen molar-refractivity contribution in [2.75, 3.05) is 0 Å². The summed E-state index contributed by atoms with van der Waals surface area (Å²) in [5, 5.41) is 0. The molecule has 0 fully saturated rings. The van der Waals surface area contributed by atoms with E-state index in [4.69, 9.17) is 0 Å². The average Bonchev–Trinajstić information content (AvgIpc) is 0. The maximum absolute atomic E-state index is 0. The standard InChI is InChI=1S/2Co.2Fe.5O/q2*+2;2*+3;5*-2. The maximum Gasteiger partial charge on any atom is 3.00 e. The molecule has 0 atom stereocenters. The Morgan fingerprint density at radius 2 is 0.333 bits per heavy atom. The fourth-order valence-corrected chi connectivity index (χ4v) is 0. The quantitative estimate of drug-likeness (QED) is 0.526. The molecule has 4 radical (unpaired) electrons. The van der Waals surface area contributed by atoms with Crippen LogP contribution in [0.4, 0.5) is 0 Å². The summed E-state index contributed by atoms with van der Waals surface area (Å²) in [7, 11) is 0. The Labute approximate surface area is 94.6 Å². The van der Waals surface area contributed by atoms with Crippen molar-refractivity contribution in [3.05, 3.63) is 0 Å². The van der Waals surface area contributed by atoms with Crippen molar-refractivity contribution in [1.29, 1.82) is 0 Å². The van der Waals surface area contributed by atoms with E-state index in [1.165, 1.54) is 0 Å². The summed E-state index contributed by atoms with van der Waals surface area (Å²) in [4.78, 5) is 0. The third kappa shape index (κ3) is 177. The molecule has 0 aromatic rings. The van der Waals surface area contributed by atoms with Gasteiger partial charge in [-0.2, -0.15) is 0 Å². The van der Waals surface area contributed by atoms with Crippen LogP contribution in [0.25, 0.3) is 0 Å². The Bertz CT molecular complexity index is 12.9. The van der Waals surface area contributed by atoms with Crippen molar-refractivity contribution in [2.45, 2.75) is 0 Å². The van der Waals surface area contributed by atoms with Crippen molar-refractivity contribution in [3.8, 4) is 0 Å². The van der Waals surface area contributed by atoms with E-state index >= 15 is 0 Å². The van der Waals surface area contributed by atoms with Crippen LogP contribution in [0.1, 0.15) is 0 Å². The van der Waals surface area contributed by atoms with Gasteiger partial charge in [0.05, 0.1) is 0 Å². The van der Waals surface area contributed by atoms with E-state index in [-0.39, 0.29) is 95.1 Å². The Hall–Kier alpha value is 1.85. The molecule has 0 saturated carbocycles. The summed E-state index contributed by atoms with van der Waals surface area (Å²) in [6.07, 6.45) is 0. The predicted molar refractivity (Wildman–Crippen MR) is 3.43 cm³/mol. The molecule has 0 aromatic carbocycles. The van der Waals surface area contributed by atoms with Crippen LogP contribution < -0.4 is 0 Å². The molecular formula is Co2Fe2O5. The summed E-state index contributed by atoms with van der Waals surface area (Å²) < 4.78 is 0. The minimum atomic E-state index is 0. The van der Waals surface area contributed by atoms with Gasteiger partial charge in [-0.05, 0) is 0 Å². The normalized spacial score (nSPS) is 0. The molecule has 0 N–H and O–H groups in total. The van der Waals surface area contributed by atoms with E-state index in [0.717, 1.165) is 0 Å². The van der Waals surface area contributed by atoms with Gasteiger partial charge >= 0.3 is 67.7 Å². The van der Waals surface area contributed by atoms with Crippen LogP contribution >= 0.6 is 0 Å². The van der Waals surface area contributed by atoms with Crippen molar-refractivity contribution >= 4 is 0 Å². The first kappa shape index (κ1) is 307. The van der Waals surface area contributed by atoms with Crippen LogP contribution in [0.15, 0.2) is 0 Å². The molecule has 64 valence electrons. The topological polar surface area (TPSA) is 142 Å². The second kappa shape index (κ2) is 225. The summed E-state index contributed by atoms with van der Waals surface area (Å²) in [5.41, 5.74) is 0. The molecule has 0 rings (SSSR count). The molecule has 9 heteroatoms. The van der Waals surface area contributed by atoms with Gasteiger partial charge in [0.1, 0.15) is 0 Å². The van der Waals surface area contributed by atoms with Gasteiger partial charge in [-0.15, -0.1) is 0 Å². The van der Waals surface area contributed by atoms with Gasteiger partial charge in [-0.1, -0.05) is 0 Å². The van der Waals surface area contributed by atoms with Crippen molar-refractivity contribution in [2.24, 2.45) is 0 Å². The zero-order chi connectivity index (χ0) is 0. The second-order valence-corrected chi connectivity index (χ2v) is 0. The van der Waals surface area contributed by atoms with E-state index in [9.17, 15) is 0 Å². The first-order valence-electron chi connectivity index (χ1n) is 0. The summed E-state index contributed by atoms with van der Waals surface area (Å²) in [6.45, 7) is 0. The third-order valence-corrected chi connectivity index (χ3v) is 0. The van der Waals surface area contributed by atoms with Crippen LogP contribution in [-0.4, -0.2) is 0 Å². The van der Waals surface area contributed by atoms with Gasteiger partial charge in [-0.25, -0.2) is 0 Å². The first-order valence-corrected chi connectivity index (χ1v) is 0. The van der Waals surface area contributed by atoms with Gasteiger partial charge in [-0.3, -0.25) is 0 Å². The Kier molecular flexibility index (Phi) is 7680. The van der Waals surface area contributed by atoms with E-state index in [2.05, 4.69) is 0 Å². The van der Waals surface area contributed by atoms with Gasteiger partial charge < -0.3 is 27.4 Å². The van der Waals surface area contributed by atoms with Gasteiger partial charge in [0.2, 0.25) is 0 Å². The number of hydrogen-bond donors (Lipinski definition) is 0. The SMILES string of the molecule is [Co+2].[Co+2].[Fe+3].[Fe+3].[O-2].[O-2].[O-2].[O-2].[O-2]. The smallest absolute Gasteiger partial charge is 2.00 e. The van der Waals surface area contributed by atoms with Crippen LogP contribution in [0, 0.1) is 0 Å². The Morgan fingerprint density at radius 1 is 0.333 bits per heavy atom. The van der Waals surface area contributed by atoms with Crippen LogP contribution in [-0.2, 0) is 95.1 Å². The largest absolute Gasteiger partial charge is 3.00 e. The second-order valence-electron chi connectivity index (χ2n) is 0. The molecule has 0 aliphatic carbocycles. The average molecular weight is 310 g/mol. The summed E-state index contributed by atoms with van der Waals surface area (Å²) >= 11 is 0. The number of rotatable bonds is 0. The minimum Gasteiger partial charge on any atom is -2.00 e. The van der Waals surface area contributed by atoms with Gasteiger partial charge in [0.25, 0.3) is 0 Å². The molecule has 0 saturated heterocycles. The predicted octanol–water partition coefficient (Wildman–Crippen LogP) is -0.604. The zero-order valence-electron chi connectivity index (χ0n) is 3.42. The monoisotopic (exact) mass is 310 g/mol. The molecule has 9 heavy (non-hydrogen) atoms. The molecule has 0 spiro atoms. The maximum atomic E-state index is 0. The zero-order valence-corrected chi connectivity index (χ0v) is 7.71. The third-order valence-electron chi connectivity index (χ3n) is 0. The molecular weight excluding hydrogens is 310 g/mol. The van der Waals surface area contributed by atoms with E-state index in [1.807, 2.05) is 0 Å².